The van der Waals surface area contributed by atoms with E-state index in [1.54, 1.807) is 17.2 Å². The number of aliphatic hydroxyl groups is 2. The van der Waals surface area contributed by atoms with Gasteiger partial charge in [0.2, 0.25) is 0 Å². The summed E-state index contributed by atoms with van der Waals surface area (Å²) in [5.74, 6) is 0.477. The summed E-state index contributed by atoms with van der Waals surface area (Å²) in [5, 5.41) is 23.1. The molecule has 124 valence electrons. The standard InChI is InChI=1S/C16H22N4O3/c1-15(9-21)7-20(8-16(15,2)10-22)14(23)19-13-5-11-3-4-17-12(11)6-18-13/h3-6,17,21-22H,7-10H2,1-2H3,(H,18,19,23)/t15-,16+. The molecule has 0 bridgehead atoms. The van der Waals surface area contributed by atoms with Gasteiger partial charge in [0.25, 0.3) is 0 Å². The second-order valence-corrected chi connectivity index (χ2v) is 6.86. The molecular formula is C16H22N4O3. The minimum atomic E-state index is -0.531. The molecule has 0 radical (unpaired) electrons. The van der Waals surface area contributed by atoms with Crippen LogP contribution in [0.25, 0.3) is 10.9 Å². The van der Waals surface area contributed by atoms with Crippen LogP contribution in [-0.2, 0) is 0 Å². The second kappa shape index (κ2) is 5.50. The van der Waals surface area contributed by atoms with Crippen LogP contribution in [0.15, 0.2) is 24.5 Å². The van der Waals surface area contributed by atoms with E-state index in [0.29, 0.717) is 18.9 Å². The van der Waals surface area contributed by atoms with Crippen LogP contribution >= 0.6 is 0 Å². The number of likely N-dealkylation sites (tertiary alicyclic amines) is 1. The summed E-state index contributed by atoms with van der Waals surface area (Å²) in [5.41, 5.74) is -0.154. The molecule has 7 nitrogen and oxygen atoms in total. The van der Waals surface area contributed by atoms with Gasteiger partial charge in [0, 0.05) is 35.5 Å². The number of nitrogens with zero attached hydrogens (tertiary/aromatic N) is 2. The fourth-order valence-electron chi connectivity index (χ4n) is 3.11. The lowest BCUT2D eigenvalue weighted by molar-refractivity contribution is 0.00976. The molecule has 4 N–H and O–H groups in total. The zero-order valence-corrected chi connectivity index (χ0v) is 13.3. The van der Waals surface area contributed by atoms with Gasteiger partial charge in [-0.25, -0.2) is 9.78 Å². The molecule has 1 aliphatic heterocycles. The molecule has 0 saturated carbocycles. The molecule has 3 heterocycles. The average molecular weight is 318 g/mol. The van der Waals surface area contributed by atoms with Gasteiger partial charge in [0.05, 0.1) is 24.9 Å². The highest BCUT2D eigenvalue weighted by Gasteiger charge is 2.52. The van der Waals surface area contributed by atoms with Crippen LogP contribution in [0, 0.1) is 10.8 Å². The quantitative estimate of drug-likeness (QED) is 0.687. The van der Waals surface area contributed by atoms with Crippen molar-refractivity contribution in [2.75, 3.05) is 31.6 Å². The maximum Gasteiger partial charge on any atom is 0.323 e. The molecule has 2 atom stereocenters. The van der Waals surface area contributed by atoms with Gasteiger partial charge in [-0.1, -0.05) is 13.8 Å². The van der Waals surface area contributed by atoms with E-state index >= 15 is 0 Å². The summed E-state index contributed by atoms with van der Waals surface area (Å²) < 4.78 is 0. The van der Waals surface area contributed by atoms with Crippen molar-refractivity contribution in [2.24, 2.45) is 10.8 Å². The minimum absolute atomic E-state index is 0.0819. The van der Waals surface area contributed by atoms with Crippen LogP contribution in [0.2, 0.25) is 0 Å². The van der Waals surface area contributed by atoms with E-state index in [4.69, 9.17) is 0 Å². The number of anilines is 1. The van der Waals surface area contributed by atoms with Gasteiger partial charge in [-0.2, -0.15) is 0 Å². The molecule has 1 saturated heterocycles. The number of nitrogens with one attached hydrogen (secondary N) is 2. The number of urea groups is 1. The van der Waals surface area contributed by atoms with Gasteiger partial charge in [-0.3, -0.25) is 5.32 Å². The van der Waals surface area contributed by atoms with Gasteiger partial charge in [0.15, 0.2) is 0 Å². The number of hydrogen-bond donors (Lipinski definition) is 4. The second-order valence-electron chi connectivity index (χ2n) is 6.86. The largest absolute Gasteiger partial charge is 0.396 e. The van der Waals surface area contributed by atoms with Gasteiger partial charge in [-0.15, -0.1) is 0 Å². The summed E-state index contributed by atoms with van der Waals surface area (Å²) in [7, 11) is 0. The van der Waals surface area contributed by atoms with E-state index in [2.05, 4.69) is 15.3 Å². The summed E-state index contributed by atoms with van der Waals surface area (Å²) in [6, 6.07) is 3.44. The van der Waals surface area contributed by atoms with Crippen molar-refractivity contribution in [1.82, 2.24) is 14.9 Å². The van der Waals surface area contributed by atoms with Crippen molar-refractivity contribution in [3.8, 4) is 0 Å². The van der Waals surface area contributed by atoms with Crippen LogP contribution in [0.3, 0.4) is 0 Å². The number of amides is 2. The lowest BCUT2D eigenvalue weighted by Gasteiger charge is -2.36. The van der Waals surface area contributed by atoms with Crippen molar-refractivity contribution in [3.05, 3.63) is 24.5 Å². The predicted octanol–water partition coefficient (Wildman–Crippen LogP) is 1.41. The number of carbonyl (C=O) groups is 1. The molecule has 1 fully saturated rings. The number of aliphatic hydroxyl groups excluding tert-OH is 2. The zero-order valence-electron chi connectivity index (χ0n) is 13.3. The number of aromatic amines is 1. The van der Waals surface area contributed by atoms with Gasteiger partial charge in [0.1, 0.15) is 5.82 Å². The van der Waals surface area contributed by atoms with Crippen molar-refractivity contribution < 1.29 is 15.0 Å². The third-order valence-corrected chi connectivity index (χ3v) is 5.19. The Bertz CT molecular complexity index is 713. The predicted molar refractivity (Wildman–Crippen MR) is 87.1 cm³/mol. The Hall–Kier alpha value is -2.12. The molecule has 2 aromatic rings. The summed E-state index contributed by atoms with van der Waals surface area (Å²) in [6.07, 6.45) is 3.49. The van der Waals surface area contributed by atoms with Crippen LogP contribution < -0.4 is 5.32 Å². The van der Waals surface area contributed by atoms with Crippen molar-refractivity contribution in [2.45, 2.75) is 13.8 Å². The Morgan fingerprint density at radius 2 is 2.00 bits per heavy atom. The van der Waals surface area contributed by atoms with E-state index in [0.717, 1.165) is 10.9 Å². The number of aromatic nitrogens is 2. The molecule has 23 heavy (non-hydrogen) atoms. The van der Waals surface area contributed by atoms with E-state index in [-0.39, 0.29) is 19.2 Å². The lowest BCUT2D eigenvalue weighted by Crippen LogP contribution is -2.41. The monoisotopic (exact) mass is 318 g/mol. The first-order chi connectivity index (χ1) is 10.9. The number of hydrogen-bond acceptors (Lipinski definition) is 4. The van der Waals surface area contributed by atoms with Gasteiger partial charge < -0.3 is 20.1 Å². The highest BCUT2D eigenvalue weighted by atomic mass is 16.3. The summed E-state index contributed by atoms with van der Waals surface area (Å²) >= 11 is 0. The van der Waals surface area contributed by atoms with Crippen LogP contribution in [-0.4, -0.2) is 57.4 Å². The molecule has 2 amide bonds. The molecule has 0 spiro atoms. The smallest absolute Gasteiger partial charge is 0.323 e. The highest BCUT2D eigenvalue weighted by Crippen LogP contribution is 2.45. The van der Waals surface area contributed by atoms with Crippen molar-refractivity contribution in [3.63, 3.8) is 0 Å². The third-order valence-electron chi connectivity index (χ3n) is 5.19. The Morgan fingerprint density at radius 1 is 1.35 bits per heavy atom. The Morgan fingerprint density at radius 3 is 2.61 bits per heavy atom. The van der Waals surface area contributed by atoms with Crippen LogP contribution in [0.1, 0.15) is 13.8 Å². The highest BCUT2D eigenvalue weighted by molar-refractivity contribution is 5.91. The topological polar surface area (TPSA) is 101 Å². The number of H-pyrrole nitrogens is 1. The van der Waals surface area contributed by atoms with E-state index in [1.165, 1.54) is 0 Å². The molecule has 7 heteroatoms. The number of rotatable bonds is 3. The van der Waals surface area contributed by atoms with E-state index in [9.17, 15) is 15.0 Å². The first-order valence-corrected chi connectivity index (χ1v) is 7.62. The maximum absolute atomic E-state index is 12.5. The number of carbonyl (C=O) groups excluding carboxylic acids is 1. The number of pyridine rings is 1. The Kier molecular flexibility index (Phi) is 3.77. The first kappa shape index (κ1) is 15.8. The Balaban J connectivity index is 1.76. The molecule has 0 aliphatic carbocycles. The molecular weight excluding hydrogens is 296 g/mol. The SMILES string of the molecule is C[C@]1(CO)CN(C(=O)Nc2cc3cc[nH]c3cn2)C[C@@]1(C)CO. The molecule has 3 rings (SSSR count). The number of fused-ring (bicyclic) bond motifs is 1. The van der Waals surface area contributed by atoms with Gasteiger partial charge in [-0.05, 0) is 12.1 Å². The lowest BCUT2D eigenvalue weighted by atomic mass is 9.69. The fourth-order valence-corrected chi connectivity index (χ4v) is 3.11. The fraction of sp³-hybridized carbons (Fsp3) is 0.500. The maximum atomic E-state index is 12.5. The van der Waals surface area contributed by atoms with Crippen molar-refractivity contribution in [1.29, 1.82) is 0 Å². The van der Waals surface area contributed by atoms with E-state index < -0.39 is 10.8 Å². The molecule has 0 unspecified atom stereocenters. The summed E-state index contributed by atoms with van der Waals surface area (Å²) in [4.78, 5) is 21.4. The normalized spacial score (nSPS) is 27.6. The minimum Gasteiger partial charge on any atom is -0.396 e. The van der Waals surface area contributed by atoms with E-state index in [1.807, 2.05) is 26.1 Å². The molecule has 1 aliphatic rings. The van der Waals surface area contributed by atoms with Crippen LogP contribution in [0.5, 0.6) is 0 Å². The third kappa shape index (κ3) is 2.55. The van der Waals surface area contributed by atoms with Crippen LogP contribution in [0.4, 0.5) is 10.6 Å². The molecule has 0 aromatic carbocycles. The Labute approximate surface area is 134 Å². The van der Waals surface area contributed by atoms with Crippen molar-refractivity contribution >= 4 is 22.8 Å². The van der Waals surface area contributed by atoms with Gasteiger partial charge >= 0.3 is 6.03 Å². The average Bonchev–Trinajstić information content (AvgIpc) is 3.11. The molecule has 2 aromatic heterocycles. The zero-order chi connectivity index (χ0) is 16.7. The first-order valence-electron chi connectivity index (χ1n) is 7.62. The summed E-state index contributed by atoms with van der Waals surface area (Å²) in [6.45, 7) is 4.39.